The zero-order valence-corrected chi connectivity index (χ0v) is 20.1. The van der Waals surface area contributed by atoms with Crippen molar-refractivity contribution in [3.63, 3.8) is 0 Å². The number of rotatable bonds is 11. The van der Waals surface area contributed by atoms with Crippen LogP contribution in [-0.4, -0.2) is 75.3 Å². The lowest BCUT2D eigenvalue weighted by Gasteiger charge is -2.43. The Hall–Kier alpha value is -2.68. The first-order chi connectivity index (χ1) is 17.1. The first kappa shape index (κ1) is 24.0. The van der Waals surface area contributed by atoms with Crippen molar-refractivity contribution < 1.29 is 23.0 Å². The molecule has 6 nitrogen and oxygen atoms in total. The summed E-state index contributed by atoms with van der Waals surface area (Å²) in [5.41, 5.74) is 3.10. The van der Waals surface area contributed by atoms with Crippen molar-refractivity contribution in [2.24, 2.45) is 0 Å². The average molecular weight is 486 g/mol. The van der Waals surface area contributed by atoms with E-state index in [1.165, 1.54) is 10.9 Å². The van der Waals surface area contributed by atoms with Gasteiger partial charge in [0.1, 0.15) is 18.1 Å². The van der Waals surface area contributed by atoms with Gasteiger partial charge in [0, 0.05) is 47.9 Å². The van der Waals surface area contributed by atoms with E-state index >= 15 is 4.39 Å². The summed E-state index contributed by atoms with van der Waals surface area (Å²) in [5, 5.41) is 4.37. The molecular weight excluding hydrogens is 452 g/mol. The van der Waals surface area contributed by atoms with Gasteiger partial charge in [-0.25, -0.2) is 4.39 Å². The lowest BCUT2D eigenvalue weighted by Crippen LogP contribution is -2.55. The highest BCUT2D eigenvalue weighted by atomic mass is 19.1. The lowest BCUT2D eigenvalue weighted by atomic mass is 9.90. The monoisotopic (exact) mass is 485 g/mol. The molecule has 2 N–H and O–H groups in total. The number of ether oxygens (including phenoxy) is 3. The number of halogens is 2. The summed E-state index contributed by atoms with van der Waals surface area (Å²) < 4.78 is 44.3. The fourth-order valence-corrected chi connectivity index (χ4v) is 5.16. The third-order valence-electron chi connectivity index (χ3n) is 6.88. The molecule has 1 atom stereocenters. The van der Waals surface area contributed by atoms with Crippen LogP contribution in [0.15, 0.2) is 42.5 Å². The second-order valence-electron chi connectivity index (χ2n) is 9.37. The Morgan fingerprint density at radius 3 is 2.83 bits per heavy atom. The Kier molecular flexibility index (Phi) is 7.22. The maximum atomic E-state index is 15.2. The van der Waals surface area contributed by atoms with Crippen LogP contribution in [0.25, 0.3) is 10.9 Å². The maximum absolute atomic E-state index is 15.2. The Morgan fingerprint density at radius 1 is 1.20 bits per heavy atom. The molecule has 1 aromatic heterocycles. The Bertz CT molecular complexity index is 1150. The van der Waals surface area contributed by atoms with Crippen LogP contribution in [-0.2, 0) is 11.2 Å². The molecule has 3 heterocycles. The van der Waals surface area contributed by atoms with Gasteiger partial charge < -0.3 is 24.5 Å². The highest BCUT2D eigenvalue weighted by Gasteiger charge is 2.44. The summed E-state index contributed by atoms with van der Waals surface area (Å²) in [6, 6.07) is 14.0. The summed E-state index contributed by atoms with van der Waals surface area (Å²) in [5.74, 6) is 1.40. The smallest absolute Gasteiger partial charge is 0.169 e. The summed E-state index contributed by atoms with van der Waals surface area (Å²) in [6.45, 7) is 2.75. The number of benzene rings is 2. The van der Waals surface area contributed by atoms with Gasteiger partial charge in [0.25, 0.3) is 0 Å². The molecule has 0 spiro atoms. The van der Waals surface area contributed by atoms with Crippen molar-refractivity contribution in [3.8, 4) is 11.5 Å². The normalized spacial score (nSPS) is 19.3. The molecule has 0 radical (unpaired) electrons. The minimum atomic E-state index is -1.33. The molecule has 2 aromatic carbocycles. The minimum Gasteiger partial charge on any atom is -0.496 e. The molecule has 0 saturated carbocycles. The Labute approximate surface area is 204 Å². The number of H-pyrrole nitrogens is 1. The largest absolute Gasteiger partial charge is 0.496 e. The first-order valence-corrected chi connectivity index (χ1v) is 12.3. The Balaban J connectivity index is 1.43. The summed E-state index contributed by atoms with van der Waals surface area (Å²) in [7, 11) is 1.65. The number of fused-ring (bicyclic) bond motifs is 3. The van der Waals surface area contributed by atoms with Gasteiger partial charge >= 0.3 is 0 Å². The zero-order chi connectivity index (χ0) is 24.3. The van der Waals surface area contributed by atoms with Crippen molar-refractivity contribution in [2.45, 2.75) is 24.6 Å². The number of alkyl halides is 2. The molecule has 3 aromatic rings. The van der Waals surface area contributed by atoms with Crippen LogP contribution in [0, 0.1) is 0 Å². The van der Waals surface area contributed by atoms with E-state index in [4.69, 9.17) is 14.2 Å². The topological polar surface area (TPSA) is 58.8 Å². The molecule has 0 bridgehead atoms. The molecule has 0 amide bonds. The van der Waals surface area contributed by atoms with Crippen molar-refractivity contribution >= 4 is 10.9 Å². The second-order valence-corrected chi connectivity index (χ2v) is 9.37. The summed E-state index contributed by atoms with van der Waals surface area (Å²) in [4.78, 5) is 5.83. The molecule has 1 saturated heterocycles. The summed E-state index contributed by atoms with van der Waals surface area (Å²) >= 11 is 0. The van der Waals surface area contributed by atoms with Crippen molar-refractivity contribution in [2.75, 3.05) is 59.8 Å². The maximum Gasteiger partial charge on any atom is 0.169 e. The molecule has 5 rings (SSSR count). The number of hydrogen-bond acceptors (Lipinski definition) is 5. The molecule has 1 fully saturated rings. The van der Waals surface area contributed by atoms with Crippen LogP contribution in [0.3, 0.4) is 0 Å². The van der Waals surface area contributed by atoms with Crippen molar-refractivity contribution in [3.05, 3.63) is 59.3 Å². The molecule has 188 valence electrons. The van der Waals surface area contributed by atoms with Crippen LogP contribution in [0.5, 0.6) is 11.5 Å². The predicted octanol–water partition coefficient (Wildman–Crippen LogP) is 4.19. The number of aromatic amines is 1. The number of para-hydroxylation sites is 1. The first-order valence-electron chi connectivity index (χ1n) is 12.3. The van der Waals surface area contributed by atoms with E-state index in [-0.39, 0.29) is 25.9 Å². The van der Waals surface area contributed by atoms with Crippen LogP contribution < -0.4 is 14.8 Å². The van der Waals surface area contributed by atoms with Gasteiger partial charge in [-0.3, -0.25) is 9.29 Å². The Morgan fingerprint density at radius 2 is 2.06 bits per heavy atom. The van der Waals surface area contributed by atoms with Crippen molar-refractivity contribution in [1.29, 1.82) is 0 Å². The van der Waals surface area contributed by atoms with E-state index < -0.39 is 5.67 Å². The quantitative estimate of drug-likeness (QED) is 0.399. The number of aromatic nitrogens is 1. The van der Waals surface area contributed by atoms with E-state index in [1.54, 1.807) is 7.11 Å². The standard InChI is InChI=1S/C27H33F2N3O3/c1-33-24-15-19(35-14-12-30-11-4-10-28)7-8-22(24)26-25-21(20-5-2-3-6-23(20)31-25)9-13-32(26)16-27(29)17-34-18-27/h2-3,5-8,15,26,30-31H,4,9-14,16-18H2,1H3. The molecular formula is C27H33F2N3O3. The number of nitrogens with one attached hydrogen (secondary N) is 2. The molecule has 2 aliphatic heterocycles. The van der Waals surface area contributed by atoms with E-state index in [1.807, 2.05) is 24.3 Å². The SMILES string of the molecule is COc1cc(OCCNCCCF)ccc1C1c2[nH]c3ccccc3c2CCN1CC1(F)COC1. The molecule has 1 unspecified atom stereocenters. The van der Waals surface area contributed by atoms with E-state index in [2.05, 4.69) is 33.4 Å². The highest BCUT2D eigenvalue weighted by molar-refractivity contribution is 5.85. The van der Waals surface area contributed by atoms with Gasteiger partial charge in [0.15, 0.2) is 5.67 Å². The van der Waals surface area contributed by atoms with Crippen LogP contribution in [0.2, 0.25) is 0 Å². The van der Waals surface area contributed by atoms with E-state index in [0.717, 1.165) is 29.7 Å². The second kappa shape index (κ2) is 10.5. The molecule has 2 aliphatic rings. The van der Waals surface area contributed by atoms with Crippen LogP contribution in [0.4, 0.5) is 8.78 Å². The fraction of sp³-hybridized carbons (Fsp3) is 0.481. The third kappa shape index (κ3) is 5.01. The van der Waals surface area contributed by atoms with Gasteiger partial charge in [-0.1, -0.05) is 18.2 Å². The van der Waals surface area contributed by atoms with E-state index in [0.29, 0.717) is 44.2 Å². The minimum absolute atomic E-state index is 0.138. The van der Waals surface area contributed by atoms with E-state index in [9.17, 15) is 4.39 Å². The number of hydrogen-bond donors (Lipinski definition) is 2. The van der Waals surface area contributed by atoms with Gasteiger partial charge in [0.2, 0.25) is 0 Å². The van der Waals surface area contributed by atoms with Gasteiger partial charge in [0.05, 0.1) is 33.0 Å². The number of methoxy groups -OCH3 is 1. The summed E-state index contributed by atoms with van der Waals surface area (Å²) in [6.07, 6.45) is 1.36. The van der Waals surface area contributed by atoms with Gasteiger partial charge in [-0.05, 0) is 43.1 Å². The zero-order valence-electron chi connectivity index (χ0n) is 20.1. The fourth-order valence-electron chi connectivity index (χ4n) is 5.16. The average Bonchev–Trinajstić information content (AvgIpc) is 3.24. The van der Waals surface area contributed by atoms with Gasteiger partial charge in [-0.2, -0.15) is 0 Å². The molecule has 0 aliphatic carbocycles. The van der Waals surface area contributed by atoms with Crippen LogP contribution >= 0.6 is 0 Å². The van der Waals surface area contributed by atoms with Crippen molar-refractivity contribution in [1.82, 2.24) is 15.2 Å². The third-order valence-corrected chi connectivity index (χ3v) is 6.88. The molecule has 8 heteroatoms. The lowest BCUT2D eigenvalue weighted by molar-refractivity contribution is -0.144. The predicted molar refractivity (Wildman–Crippen MR) is 132 cm³/mol. The molecule has 35 heavy (non-hydrogen) atoms. The van der Waals surface area contributed by atoms with Gasteiger partial charge in [-0.15, -0.1) is 0 Å². The van der Waals surface area contributed by atoms with Crippen LogP contribution in [0.1, 0.15) is 29.3 Å². The number of nitrogens with zero attached hydrogens (tertiary/aromatic N) is 1. The highest BCUT2D eigenvalue weighted by Crippen LogP contribution is 2.43.